The van der Waals surface area contributed by atoms with Gasteiger partial charge in [0.2, 0.25) is 0 Å². The molecule has 8 nitrogen and oxygen atoms in total. The molecule has 0 aromatic carbocycles. The van der Waals surface area contributed by atoms with Gasteiger partial charge in [0.15, 0.2) is 5.78 Å². The summed E-state index contributed by atoms with van der Waals surface area (Å²) >= 11 is 0. The highest BCUT2D eigenvalue weighted by atomic mass is 16.5. The van der Waals surface area contributed by atoms with Crippen molar-refractivity contribution >= 4 is 30.0 Å². The molecule has 0 amide bonds. The lowest BCUT2D eigenvalue weighted by molar-refractivity contribution is -0.143. The number of ketones is 2. The number of rotatable bonds is 6. The maximum Gasteiger partial charge on any atom is 0.342 e. The van der Waals surface area contributed by atoms with Gasteiger partial charge in [-0.15, -0.1) is 0 Å². The summed E-state index contributed by atoms with van der Waals surface area (Å²) in [4.78, 5) is 59.8. The van der Waals surface area contributed by atoms with Gasteiger partial charge in [-0.3, -0.25) is 14.4 Å². The van der Waals surface area contributed by atoms with Crippen LogP contribution in [0.2, 0.25) is 0 Å². The van der Waals surface area contributed by atoms with Gasteiger partial charge >= 0.3 is 11.9 Å². The molecule has 0 aromatic heterocycles. The Morgan fingerprint density at radius 3 is 2.12 bits per heavy atom. The molecule has 0 fully saturated rings. The van der Waals surface area contributed by atoms with Gasteiger partial charge in [-0.25, -0.2) is 9.59 Å². The fraction of sp³-hybridized carbons (Fsp3) is 0.500. The number of hydrogen-bond donors (Lipinski definition) is 0. The van der Waals surface area contributed by atoms with E-state index in [9.17, 15) is 24.0 Å². The summed E-state index contributed by atoms with van der Waals surface area (Å²) in [6, 6.07) is 0. The molecular formula is C18H22O8. The molecule has 0 spiro atoms. The smallest absolute Gasteiger partial charge is 0.342 e. The minimum absolute atomic E-state index is 0.00542. The van der Waals surface area contributed by atoms with E-state index < -0.39 is 23.3 Å². The van der Waals surface area contributed by atoms with Gasteiger partial charge in [-0.05, 0) is 26.7 Å². The lowest BCUT2D eigenvalue weighted by Gasteiger charge is -2.17. The Labute approximate surface area is 151 Å². The van der Waals surface area contributed by atoms with Gasteiger partial charge in [0.05, 0.1) is 25.0 Å². The SMILES string of the molecule is CCOC(=O)/C1=C(C(=O)OCC)/C(=C\OC=O)CCCC(=O)CCC1=O. The quantitative estimate of drug-likeness (QED) is 0.229. The third-order valence-electron chi connectivity index (χ3n) is 3.61. The zero-order chi connectivity index (χ0) is 19.5. The molecule has 0 saturated heterocycles. The molecular weight excluding hydrogens is 344 g/mol. The highest BCUT2D eigenvalue weighted by molar-refractivity contribution is 6.23. The van der Waals surface area contributed by atoms with Crippen LogP contribution in [-0.4, -0.2) is 43.2 Å². The van der Waals surface area contributed by atoms with Crippen LogP contribution in [-0.2, 0) is 38.2 Å². The van der Waals surface area contributed by atoms with Gasteiger partial charge in [0.1, 0.15) is 11.4 Å². The van der Waals surface area contributed by atoms with E-state index in [1.807, 2.05) is 0 Å². The predicted octanol–water partition coefficient (Wildman–Crippen LogP) is 1.57. The van der Waals surface area contributed by atoms with E-state index >= 15 is 0 Å². The number of hydrogen-bond acceptors (Lipinski definition) is 8. The van der Waals surface area contributed by atoms with Gasteiger partial charge in [-0.1, -0.05) is 0 Å². The first-order chi connectivity index (χ1) is 12.5. The van der Waals surface area contributed by atoms with E-state index in [0.29, 0.717) is 6.42 Å². The monoisotopic (exact) mass is 366 g/mol. The van der Waals surface area contributed by atoms with Crippen LogP contribution >= 0.6 is 0 Å². The topological polar surface area (TPSA) is 113 Å². The van der Waals surface area contributed by atoms with Crippen molar-refractivity contribution < 1.29 is 38.2 Å². The number of carbonyl (C=O) groups is 5. The van der Waals surface area contributed by atoms with Crippen molar-refractivity contribution in [2.24, 2.45) is 0 Å². The molecule has 0 saturated carbocycles. The normalized spacial score (nSPS) is 20.5. The average Bonchev–Trinajstić information content (AvgIpc) is 2.60. The van der Waals surface area contributed by atoms with Gasteiger partial charge in [0.25, 0.3) is 6.47 Å². The van der Waals surface area contributed by atoms with E-state index in [1.54, 1.807) is 13.8 Å². The van der Waals surface area contributed by atoms with E-state index in [-0.39, 0.29) is 62.3 Å². The molecule has 1 rings (SSSR count). The molecule has 26 heavy (non-hydrogen) atoms. The highest BCUT2D eigenvalue weighted by Gasteiger charge is 2.32. The maximum absolute atomic E-state index is 12.6. The second kappa shape index (κ2) is 11.0. The lowest BCUT2D eigenvalue weighted by atomic mass is 9.90. The van der Waals surface area contributed by atoms with E-state index in [2.05, 4.69) is 4.74 Å². The Morgan fingerprint density at radius 2 is 1.54 bits per heavy atom. The maximum atomic E-state index is 12.6. The fourth-order valence-electron chi connectivity index (χ4n) is 2.49. The van der Waals surface area contributed by atoms with Crippen molar-refractivity contribution in [1.82, 2.24) is 0 Å². The predicted molar refractivity (Wildman–Crippen MR) is 88.6 cm³/mol. The standard InChI is InChI=1S/C18H22O8/c1-3-25-17(22)15-12(10-24-11-19)6-5-7-13(20)8-9-14(21)16(15)18(23)26-4-2/h10-11H,3-9H2,1-2H3/b12-10-,16-15-. The van der Waals surface area contributed by atoms with Crippen molar-refractivity contribution in [3.63, 3.8) is 0 Å². The first kappa shape index (κ1) is 21.3. The molecule has 0 aromatic rings. The summed E-state index contributed by atoms with van der Waals surface area (Å²) in [5.74, 6) is -2.70. The van der Waals surface area contributed by atoms with Crippen LogP contribution in [0.4, 0.5) is 0 Å². The zero-order valence-electron chi connectivity index (χ0n) is 14.9. The first-order valence-electron chi connectivity index (χ1n) is 8.38. The minimum atomic E-state index is -0.981. The molecule has 0 aliphatic heterocycles. The molecule has 142 valence electrons. The van der Waals surface area contributed by atoms with Crippen LogP contribution in [0.5, 0.6) is 0 Å². The third-order valence-corrected chi connectivity index (χ3v) is 3.61. The van der Waals surface area contributed by atoms with Crippen LogP contribution in [0.3, 0.4) is 0 Å². The molecule has 0 radical (unpaired) electrons. The van der Waals surface area contributed by atoms with Crippen LogP contribution in [0, 0.1) is 0 Å². The third kappa shape index (κ3) is 5.94. The van der Waals surface area contributed by atoms with Crippen LogP contribution in [0.25, 0.3) is 0 Å². The Kier molecular flexibility index (Phi) is 8.97. The number of esters is 2. The van der Waals surface area contributed by atoms with Crippen molar-refractivity contribution in [3.8, 4) is 0 Å². The Morgan fingerprint density at radius 1 is 0.923 bits per heavy atom. The van der Waals surface area contributed by atoms with Crippen LogP contribution < -0.4 is 0 Å². The van der Waals surface area contributed by atoms with Gasteiger partial charge in [0, 0.05) is 24.8 Å². The summed E-state index contributed by atoms with van der Waals surface area (Å²) in [5.41, 5.74) is -0.645. The molecule has 1 aliphatic carbocycles. The fourth-order valence-corrected chi connectivity index (χ4v) is 2.49. The molecule has 0 unspecified atom stereocenters. The van der Waals surface area contributed by atoms with Crippen LogP contribution in [0.15, 0.2) is 23.0 Å². The Balaban J connectivity index is 3.60. The van der Waals surface area contributed by atoms with Gasteiger partial charge in [-0.2, -0.15) is 0 Å². The van der Waals surface area contributed by atoms with Crippen molar-refractivity contribution in [2.75, 3.05) is 13.2 Å². The van der Waals surface area contributed by atoms with Crippen molar-refractivity contribution in [3.05, 3.63) is 23.0 Å². The van der Waals surface area contributed by atoms with Gasteiger partial charge < -0.3 is 14.2 Å². The van der Waals surface area contributed by atoms with Crippen molar-refractivity contribution in [1.29, 1.82) is 0 Å². The molecule has 0 atom stereocenters. The minimum Gasteiger partial charge on any atom is -0.462 e. The van der Waals surface area contributed by atoms with E-state index in [4.69, 9.17) is 9.47 Å². The summed E-state index contributed by atoms with van der Waals surface area (Å²) < 4.78 is 14.5. The highest BCUT2D eigenvalue weighted by Crippen LogP contribution is 2.26. The van der Waals surface area contributed by atoms with E-state index in [1.165, 1.54) is 0 Å². The molecule has 1 aliphatic rings. The number of ether oxygens (including phenoxy) is 3. The molecule has 0 heterocycles. The molecule has 0 N–H and O–H groups in total. The number of carbonyl (C=O) groups excluding carboxylic acids is 5. The first-order valence-corrected chi connectivity index (χ1v) is 8.38. The van der Waals surface area contributed by atoms with Crippen LogP contribution in [0.1, 0.15) is 46.0 Å². The number of Topliss-reactive ketones (excluding diaryl/α,β-unsaturated/α-hetero) is 2. The lowest BCUT2D eigenvalue weighted by Crippen LogP contribution is -2.25. The summed E-state index contributed by atoms with van der Waals surface area (Å²) in [6.45, 7) is 3.30. The second-order valence-corrected chi connectivity index (χ2v) is 5.38. The average molecular weight is 366 g/mol. The van der Waals surface area contributed by atoms with Crippen molar-refractivity contribution in [2.45, 2.75) is 46.0 Å². The molecule has 8 heteroatoms. The zero-order valence-corrected chi connectivity index (χ0v) is 14.9. The summed E-state index contributed by atoms with van der Waals surface area (Å²) in [5, 5.41) is 0. The molecule has 0 bridgehead atoms. The van der Waals surface area contributed by atoms with E-state index in [0.717, 1.165) is 6.26 Å². The second-order valence-electron chi connectivity index (χ2n) is 5.38. The Bertz CT molecular complexity index is 642. The summed E-state index contributed by atoms with van der Waals surface area (Å²) in [7, 11) is 0. The Hall–Kier alpha value is -2.77. The summed E-state index contributed by atoms with van der Waals surface area (Å²) in [6.07, 6.45) is 1.44. The largest absolute Gasteiger partial charge is 0.462 e.